The molecule has 0 amide bonds. The molecule has 4 heteroatoms. The van der Waals surface area contributed by atoms with E-state index in [1.165, 1.54) is 0 Å². The molecule has 0 aromatic heterocycles. The van der Waals surface area contributed by atoms with Crippen molar-refractivity contribution in [2.45, 2.75) is 39.2 Å². The van der Waals surface area contributed by atoms with Crippen molar-refractivity contribution in [1.82, 2.24) is 0 Å². The molecule has 0 aromatic carbocycles. The van der Waals surface area contributed by atoms with Crippen molar-refractivity contribution in [3.05, 3.63) is 0 Å². The second-order valence-electron chi connectivity index (χ2n) is 5.11. The predicted molar refractivity (Wildman–Crippen MR) is 58.8 cm³/mol. The van der Waals surface area contributed by atoms with E-state index < -0.39 is 15.4 Å². The van der Waals surface area contributed by atoms with Crippen molar-refractivity contribution < 1.29 is 8.42 Å². The zero-order chi connectivity index (χ0) is 11.0. The molecule has 2 atom stereocenters. The number of hydrogen-bond donors (Lipinski definition) is 1. The van der Waals surface area contributed by atoms with Crippen molar-refractivity contribution in [1.29, 1.82) is 0 Å². The average Bonchev–Trinajstić information content (AvgIpc) is 2.25. The van der Waals surface area contributed by atoms with Gasteiger partial charge >= 0.3 is 0 Å². The van der Waals surface area contributed by atoms with Crippen LogP contribution in [0, 0.1) is 11.8 Å². The van der Waals surface area contributed by atoms with Gasteiger partial charge in [-0.05, 0) is 24.7 Å². The van der Waals surface area contributed by atoms with E-state index in [0.29, 0.717) is 18.3 Å². The third kappa shape index (κ3) is 2.70. The Morgan fingerprint density at radius 1 is 1.36 bits per heavy atom. The Morgan fingerprint density at radius 3 is 2.29 bits per heavy atom. The Morgan fingerprint density at radius 2 is 1.93 bits per heavy atom. The fourth-order valence-electron chi connectivity index (χ4n) is 2.23. The summed E-state index contributed by atoms with van der Waals surface area (Å²) in [5, 5.41) is 0. The summed E-state index contributed by atoms with van der Waals surface area (Å²) in [4.78, 5) is 0. The summed E-state index contributed by atoms with van der Waals surface area (Å²) in [6.07, 6.45) is 1.63. The van der Waals surface area contributed by atoms with Gasteiger partial charge in [0.25, 0.3) is 0 Å². The molecule has 2 unspecified atom stereocenters. The summed E-state index contributed by atoms with van der Waals surface area (Å²) in [7, 11) is -2.86. The highest BCUT2D eigenvalue weighted by Crippen LogP contribution is 2.31. The minimum Gasteiger partial charge on any atom is -0.324 e. The molecule has 14 heavy (non-hydrogen) atoms. The topological polar surface area (TPSA) is 60.2 Å². The average molecular weight is 219 g/mol. The third-order valence-electron chi connectivity index (χ3n) is 3.17. The minimum atomic E-state index is -2.86. The Hall–Kier alpha value is -0.0900. The SMILES string of the molecule is CC(C)CC(C)C1(N)CCS(=O)(=O)C1. The van der Waals surface area contributed by atoms with E-state index in [0.717, 1.165) is 6.42 Å². The molecule has 1 aliphatic rings. The molecule has 3 nitrogen and oxygen atoms in total. The first-order chi connectivity index (χ1) is 6.25. The molecule has 0 saturated carbocycles. The largest absolute Gasteiger partial charge is 0.324 e. The molecule has 84 valence electrons. The predicted octanol–water partition coefficient (Wildman–Crippen LogP) is 1.18. The molecule has 0 aliphatic carbocycles. The Labute approximate surface area is 87.0 Å². The number of rotatable bonds is 3. The number of nitrogens with two attached hydrogens (primary N) is 1. The van der Waals surface area contributed by atoms with E-state index in [-0.39, 0.29) is 11.5 Å². The van der Waals surface area contributed by atoms with E-state index in [1.807, 2.05) is 0 Å². The molecule has 0 aromatic rings. The second kappa shape index (κ2) is 3.81. The van der Waals surface area contributed by atoms with Gasteiger partial charge in [0.05, 0.1) is 11.5 Å². The molecule has 0 radical (unpaired) electrons. The van der Waals surface area contributed by atoms with Gasteiger partial charge in [0.2, 0.25) is 0 Å². The van der Waals surface area contributed by atoms with Crippen molar-refractivity contribution in [2.75, 3.05) is 11.5 Å². The first-order valence-corrected chi connectivity index (χ1v) is 7.07. The van der Waals surface area contributed by atoms with Gasteiger partial charge in [0.15, 0.2) is 9.84 Å². The molecule has 1 aliphatic heterocycles. The second-order valence-corrected chi connectivity index (χ2v) is 7.29. The lowest BCUT2D eigenvalue weighted by Gasteiger charge is -2.31. The molecule has 1 rings (SSSR count). The summed E-state index contributed by atoms with van der Waals surface area (Å²) in [6, 6.07) is 0. The standard InChI is InChI=1S/C10H21NO2S/c1-8(2)6-9(3)10(11)4-5-14(12,13)7-10/h8-9H,4-7,11H2,1-3H3. The van der Waals surface area contributed by atoms with Crippen LogP contribution < -0.4 is 5.73 Å². The summed E-state index contributed by atoms with van der Waals surface area (Å²) < 4.78 is 22.7. The fourth-order valence-corrected chi connectivity index (χ4v) is 4.31. The van der Waals surface area contributed by atoms with Crippen LogP contribution in [0.1, 0.15) is 33.6 Å². The molecule has 0 bridgehead atoms. The lowest BCUT2D eigenvalue weighted by Crippen LogP contribution is -2.47. The Kier molecular flexibility index (Phi) is 3.26. The quantitative estimate of drug-likeness (QED) is 0.775. The smallest absolute Gasteiger partial charge is 0.152 e. The van der Waals surface area contributed by atoms with Crippen LogP contribution in [0.25, 0.3) is 0 Å². The van der Waals surface area contributed by atoms with Crippen LogP contribution in [0.3, 0.4) is 0 Å². The summed E-state index contributed by atoms with van der Waals surface area (Å²) in [6.45, 7) is 6.35. The lowest BCUT2D eigenvalue weighted by molar-refractivity contribution is 0.278. The van der Waals surface area contributed by atoms with Gasteiger partial charge < -0.3 is 5.73 Å². The van der Waals surface area contributed by atoms with E-state index in [9.17, 15) is 8.42 Å². The van der Waals surface area contributed by atoms with Crippen molar-refractivity contribution in [2.24, 2.45) is 17.6 Å². The molecular formula is C10H21NO2S. The maximum absolute atomic E-state index is 11.4. The van der Waals surface area contributed by atoms with Gasteiger partial charge in [-0.25, -0.2) is 8.42 Å². The third-order valence-corrected chi connectivity index (χ3v) is 4.98. The highest BCUT2D eigenvalue weighted by Gasteiger charge is 2.42. The monoisotopic (exact) mass is 219 g/mol. The molecule has 0 spiro atoms. The van der Waals surface area contributed by atoms with Crippen LogP contribution in [0.15, 0.2) is 0 Å². The van der Waals surface area contributed by atoms with Crippen LogP contribution in [0.2, 0.25) is 0 Å². The normalized spacial score (nSPS) is 33.5. The maximum Gasteiger partial charge on any atom is 0.152 e. The van der Waals surface area contributed by atoms with Gasteiger partial charge in [0.1, 0.15) is 0 Å². The van der Waals surface area contributed by atoms with E-state index >= 15 is 0 Å². The zero-order valence-corrected chi connectivity index (χ0v) is 10.1. The first kappa shape index (κ1) is 12.0. The van der Waals surface area contributed by atoms with Gasteiger partial charge in [-0.1, -0.05) is 20.8 Å². The van der Waals surface area contributed by atoms with E-state index in [2.05, 4.69) is 20.8 Å². The van der Waals surface area contributed by atoms with Gasteiger partial charge in [-0.3, -0.25) is 0 Å². The summed E-state index contributed by atoms with van der Waals surface area (Å²) in [5.41, 5.74) is 5.68. The molecule has 1 saturated heterocycles. The van der Waals surface area contributed by atoms with Crippen molar-refractivity contribution in [3.63, 3.8) is 0 Å². The maximum atomic E-state index is 11.4. The summed E-state index contributed by atoms with van der Waals surface area (Å²) in [5.74, 6) is 1.31. The minimum absolute atomic E-state index is 0.174. The van der Waals surface area contributed by atoms with E-state index in [4.69, 9.17) is 5.73 Å². The summed E-state index contributed by atoms with van der Waals surface area (Å²) >= 11 is 0. The highest BCUT2D eigenvalue weighted by molar-refractivity contribution is 7.91. The fraction of sp³-hybridized carbons (Fsp3) is 1.00. The van der Waals surface area contributed by atoms with Gasteiger partial charge in [-0.15, -0.1) is 0 Å². The molecule has 2 N–H and O–H groups in total. The Balaban J connectivity index is 2.68. The number of sulfone groups is 1. The van der Waals surface area contributed by atoms with E-state index in [1.54, 1.807) is 0 Å². The Bertz CT molecular complexity index is 297. The van der Waals surface area contributed by atoms with Crippen molar-refractivity contribution in [3.8, 4) is 0 Å². The van der Waals surface area contributed by atoms with Crippen molar-refractivity contribution >= 4 is 9.84 Å². The zero-order valence-electron chi connectivity index (χ0n) is 9.29. The highest BCUT2D eigenvalue weighted by atomic mass is 32.2. The first-order valence-electron chi connectivity index (χ1n) is 5.24. The van der Waals surface area contributed by atoms with Crippen LogP contribution in [-0.2, 0) is 9.84 Å². The molecule has 1 heterocycles. The van der Waals surface area contributed by atoms with Crippen LogP contribution in [0.4, 0.5) is 0 Å². The lowest BCUT2D eigenvalue weighted by atomic mass is 9.81. The number of hydrogen-bond acceptors (Lipinski definition) is 3. The molecular weight excluding hydrogens is 198 g/mol. The van der Waals surface area contributed by atoms with Gasteiger partial charge in [-0.2, -0.15) is 0 Å². The van der Waals surface area contributed by atoms with Crippen LogP contribution in [-0.4, -0.2) is 25.5 Å². The van der Waals surface area contributed by atoms with Gasteiger partial charge in [0, 0.05) is 5.54 Å². The molecule has 1 fully saturated rings. The van der Waals surface area contributed by atoms with Crippen LogP contribution >= 0.6 is 0 Å². The van der Waals surface area contributed by atoms with Crippen LogP contribution in [0.5, 0.6) is 0 Å².